The molecule has 1 heterocycles. The van der Waals surface area contributed by atoms with E-state index in [-0.39, 0.29) is 24.4 Å². The van der Waals surface area contributed by atoms with Gasteiger partial charge in [-0.25, -0.2) is 9.78 Å². The first-order valence-electron chi connectivity index (χ1n) is 9.24. The maximum absolute atomic E-state index is 12.0. The monoisotopic (exact) mass is 417 g/mol. The molecule has 5 N–H and O–H groups in total. The minimum Gasteiger partial charge on any atom is -0.366 e. The maximum atomic E-state index is 12.0. The summed E-state index contributed by atoms with van der Waals surface area (Å²) in [5, 5.41) is 8.68. The first kappa shape index (κ1) is 22.4. The van der Waals surface area contributed by atoms with Crippen molar-refractivity contribution < 1.29 is 14.4 Å². The normalized spacial score (nSPS) is 11.0. The number of rotatable bonds is 7. The van der Waals surface area contributed by atoms with Gasteiger partial charge in [0.15, 0.2) is 5.13 Å². The second-order valence-electron chi connectivity index (χ2n) is 7.69. The molecule has 156 valence electrons. The minimum atomic E-state index is -0.459. The van der Waals surface area contributed by atoms with Crippen molar-refractivity contribution in [2.75, 3.05) is 11.9 Å². The van der Waals surface area contributed by atoms with Crippen LogP contribution in [0.4, 0.5) is 9.93 Å². The van der Waals surface area contributed by atoms with Crippen LogP contribution in [0.15, 0.2) is 24.3 Å². The second-order valence-corrected chi connectivity index (χ2v) is 8.78. The van der Waals surface area contributed by atoms with Gasteiger partial charge in [-0.15, -0.1) is 11.3 Å². The second kappa shape index (κ2) is 9.51. The zero-order valence-corrected chi connectivity index (χ0v) is 17.9. The molecule has 4 amide bonds. The van der Waals surface area contributed by atoms with Gasteiger partial charge < -0.3 is 16.4 Å². The molecule has 0 aliphatic rings. The lowest BCUT2D eigenvalue weighted by Gasteiger charge is -2.20. The van der Waals surface area contributed by atoms with Gasteiger partial charge in [-0.2, -0.15) is 0 Å². The van der Waals surface area contributed by atoms with Crippen LogP contribution in [0.2, 0.25) is 0 Å². The van der Waals surface area contributed by atoms with Crippen molar-refractivity contribution >= 4 is 34.3 Å². The molecule has 0 saturated carbocycles. The zero-order valence-electron chi connectivity index (χ0n) is 17.1. The van der Waals surface area contributed by atoms with E-state index in [1.807, 2.05) is 39.8 Å². The van der Waals surface area contributed by atoms with Crippen LogP contribution in [-0.4, -0.2) is 34.9 Å². The summed E-state index contributed by atoms with van der Waals surface area (Å²) in [7, 11) is 0. The molecule has 0 saturated heterocycles. The van der Waals surface area contributed by atoms with Crippen LogP contribution in [0, 0.1) is 6.92 Å². The van der Waals surface area contributed by atoms with E-state index in [4.69, 9.17) is 5.73 Å². The molecule has 0 atom stereocenters. The maximum Gasteiger partial charge on any atom is 0.321 e. The Morgan fingerprint density at radius 3 is 2.38 bits per heavy atom. The number of aryl methyl sites for hydroxylation is 1. The fraction of sp³-hybridized carbons (Fsp3) is 0.400. The highest BCUT2D eigenvalue weighted by molar-refractivity contribution is 7.15. The minimum absolute atomic E-state index is 0.118. The van der Waals surface area contributed by atoms with Crippen molar-refractivity contribution in [2.24, 2.45) is 5.73 Å². The summed E-state index contributed by atoms with van der Waals surface area (Å²) in [4.78, 5) is 40.3. The molecule has 1 aromatic heterocycles. The van der Waals surface area contributed by atoms with Crippen LogP contribution in [0.25, 0.3) is 0 Å². The quantitative estimate of drug-likeness (QED) is 0.552. The molecule has 0 unspecified atom stereocenters. The van der Waals surface area contributed by atoms with E-state index in [9.17, 15) is 14.4 Å². The summed E-state index contributed by atoms with van der Waals surface area (Å²) in [6.45, 7) is 7.82. The van der Waals surface area contributed by atoms with Gasteiger partial charge in [0.1, 0.15) is 0 Å². The first-order chi connectivity index (χ1) is 13.5. The predicted molar refractivity (Wildman–Crippen MR) is 114 cm³/mol. The molecule has 2 aromatic rings. The van der Waals surface area contributed by atoms with Crippen molar-refractivity contribution in [3.05, 3.63) is 46.0 Å². The van der Waals surface area contributed by atoms with Gasteiger partial charge in [-0.3, -0.25) is 14.9 Å². The van der Waals surface area contributed by atoms with E-state index >= 15 is 0 Å². The summed E-state index contributed by atoms with van der Waals surface area (Å²) in [6.07, 6.45) is 0.840. The number of thiazole rings is 1. The Labute approximate surface area is 174 Å². The molecule has 2 rings (SSSR count). The number of amides is 4. The zero-order chi connectivity index (χ0) is 21.6. The number of hydrogen-bond donors (Lipinski definition) is 4. The molecule has 1 aromatic carbocycles. The highest BCUT2D eigenvalue weighted by Crippen LogP contribution is 2.25. The third-order valence-electron chi connectivity index (χ3n) is 3.87. The molecule has 8 nitrogen and oxygen atoms in total. The SMILES string of the molecule is Cc1nc(NC(=O)NCCC(=O)NC(C)(C)C)sc1Cc1ccc(C(N)=O)cc1. The van der Waals surface area contributed by atoms with Crippen molar-refractivity contribution in [3.63, 3.8) is 0 Å². The molecule has 0 aliphatic carbocycles. The third kappa shape index (κ3) is 7.53. The van der Waals surface area contributed by atoms with Gasteiger partial charge in [-0.05, 0) is 45.4 Å². The highest BCUT2D eigenvalue weighted by atomic mass is 32.1. The van der Waals surface area contributed by atoms with Crippen LogP contribution in [0.1, 0.15) is 53.7 Å². The lowest BCUT2D eigenvalue weighted by atomic mass is 10.1. The summed E-state index contributed by atoms with van der Waals surface area (Å²) >= 11 is 1.39. The average Bonchev–Trinajstić information content (AvgIpc) is 2.92. The molecule has 9 heteroatoms. The van der Waals surface area contributed by atoms with E-state index in [1.54, 1.807) is 12.1 Å². The summed E-state index contributed by atoms with van der Waals surface area (Å²) < 4.78 is 0. The van der Waals surface area contributed by atoms with E-state index in [0.29, 0.717) is 17.1 Å². The fourth-order valence-corrected chi connectivity index (χ4v) is 3.52. The Morgan fingerprint density at radius 1 is 1.14 bits per heavy atom. The number of urea groups is 1. The Bertz CT molecular complexity index is 885. The van der Waals surface area contributed by atoms with Gasteiger partial charge >= 0.3 is 6.03 Å². The number of primary amides is 1. The van der Waals surface area contributed by atoms with Crippen molar-refractivity contribution in [1.29, 1.82) is 0 Å². The van der Waals surface area contributed by atoms with E-state index < -0.39 is 11.9 Å². The standard InChI is InChI=1S/C20H27N5O3S/c1-12-15(11-13-5-7-14(8-6-13)17(21)27)29-19(23-12)24-18(28)22-10-9-16(26)25-20(2,3)4/h5-8H,9-11H2,1-4H3,(H2,21,27)(H,25,26)(H2,22,23,24,28). The lowest BCUT2D eigenvalue weighted by molar-refractivity contribution is -0.122. The Balaban J connectivity index is 1.85. The number of nitrogens with one attached hydrogen (secondary N) is 3. The molecule has 0 spiro atoms. The Morgan fingerprint density at radius 2 is 1.79 bits per heavy atom. The lowest BCUT2D eigenvalue weighted by Crippen LogP contribution is -2.42. The molecule has 29 heavy (non-hydrogen) atoms. The molecule has 0 radical (unpaired) electrons. The highest BCUT2D eigenvalue weighted by Gasteiger charge is 2.14. The smallest absolute Gasteiger partial charge is 0.321 e. The summed E-state index contributed by atoms with van der Waals surface area (Å²) in [5.74, 6) is -0.577. The number of nitrogens with zero attached hydrogens (tertiary/aromatic N) is 1. The number of benzene rings is 1. The first-order valence-corrected chi connectivity index (χ1v) is 10.1. The predicted octanol–water partition coefficient (Wildman–Crippen LogP) is 2.57. The third-order valence-corrected chi connectivity index (χ3v) is 4.94. The number of nitrogens with two attached hydrogens (primary N) is 1. The number of hydrogen-bond acceptors (Lipinski definition) is 5. The van der Waals surface area contributed by atoms with Gasteiger partial charge in [0.05, 0.1) is 5.69 Å². The van der Waals surface area contributed by atoms with Gasteiger partial charge in [0, 0.05) is 35.4 Å². The topological polar surface area (TPSA) is 126 Å². The van der Waals surface area contributed by atoms with E-state index in [1.165, 1.54) is 11.3 Å². The van der Waals surface area contributed by atoms with Crippen LogP contribution < -0.4 is 21.7 Å². The van der Waals surface area contributed by atoms with Crippen molar-refractivity contribution in [1.82, 2.24) is 15.6 Å². The average molecular weight is 418 g/mol. The Hall–Kier alpha value is -2.94. The number of carbonyl (C=O) groups is 3. The molecule has 0 aliphatic heterocycles. The molecular weight excluding hydrogens is 390 g/mol. The van der Waals surface area contributed by atoms with Gasteiger partial charge in [-0.1, -0.05) is 12.1 Å². The number of carbonyl (C=O) groups excluding carboxylic acids is 3. The van der Waals surface area contributed by atoms with Gasteiger partial charge in [0.2, 0.25) is 11.8 Å². The van der Waals surface area contributed by atoms with Crippen molar-refractivity contribution in [3.8, 4) is 0 Å². The summed E-state index contributed by atoms with van der Waals surface area (Å²) in [6, 6.07) is 6.68. The van der Waals surface area contributed by atoms with Crippen LogP contribution in [0.3, 0.4) is 0 Å². The molecular formula is C20H27N5O3S. The Kier molecular flexibility index (Phi) is 7.33. The number of aromatic nitrogens is 1. The molecule has 0 bridgehead atoms. The number of anilines is 1. The summed E-state index contributed by atoms with van der Waals surface area (Å²) in [5.41, 5.74) is 7.26. The van der Waals surface area contributed by atoms with Gasteiger partial charge in [0.25, 0.3) is 0 Å². The van der Waals surface area contributed by atoms with E-state index in [2.05, 4.69) is 20.9 Å². The fourth-order valence-electron chi connectivity index (χ4n) is 2.53. The largest absolute Gasteiger partial charge is 0.366 e. The molecule has 0 fully saturated rings. The van der Waals surface area contributed by atoms with Crippen LogP contribution in [-0.2, 0) is 11.2 Å². The van der Waals surface area contributed by atoms with Crippen LogP contribution in [0.5, 0.6) is 0 Å². The van der Waals surface area contributed by atoms with E-state index in [0.717, 1.165) is 16.1 Å². The van der Waals surface area contributed by atoms with Crippen LogP contribution >= 0.6 is 11.3 Å². The van der Waals surface area contributed by atoms with Crippen molar-refractivity contribution in [2.45, 2.75) is 46.1 Å².